The highest BCUT2D eigenvalue weighted by Crippen LogP contribution is 2.26. The summed E-state index contributed by atoms with van der Waals surface area (Å²) >= 11 is 0. The van der Waals surface area contributed by atoms with Crippen molar-refractivity contribution >= 4 is 22.6 Å². The zero-order valence-corrected chi connectivity index (χ0v) is 13.7. The number of halogens is 4. The number of carboxylic acids is 1. The number of aliphatic carboxylic acids is 1. The first-order valence-electron chi connectivity index (χ1n) is 7.53. The van der Waals surface area contributed by atoms with Crippen LogP contribution in [-0.4, -0.2) is 27.3 Å². The van der Waals surface area contributed by atoms with Crippen molar-refractivity contribution in [3.05, 3.63) is 66.1 Å². The Morgan fingerprint density at radius 2 is 1.81 bits per heavy atom. The van der Waals surface area contributed by atoms with Crippen LogP contribution in [-0.2, 0) is 11.3 Å². The number of nitrogens with one attached hydrogen (secondary N) is 1. The van der Waals surface area contributed by atoms with E-state index in [9.17, 15) is 22.7 Å². The van der Waals surface area contributed by atoms with E-state index in [1.807, 2.05) is 24.3 Å². The number of anilines is 1. The normalized spacial score (nSPS) is 10.8. The molecule has 3 rings (SSSR count). The summed E-state index contributed by atoms with van der Waals surface area (Å²) in [6.07, 6.45) is -3.44. The van der Waals surface area contributed by atoms with Gasteiger partial charge in [0.15, 0.2) is 0 Å². The van der Waals surface area contributed by atoms with Gasteiger partial charge in [-0.15, -0.1) is 0 Å². The lowest BCUT2D eigenvalue weighted by Gasteiger charge is -2.10. The fourth-order valence-corrected chi connectivity index (χ4v) is 2.17. The van der Waals surface area contributed by atoms with E-state index >= 15 is 0 Å². The summed E-state index contributed by atoms with van der Waals surface area (Å²) < 4.78 is 44.9. The number of hydrogen-bond donors (Lipinski definition) is 3. The van der Waals surface area contributed by atoms with Crippen molar-refractivity contribution in [2.45, 2.75) is 12.7 Å². The van der Waals surface area contributed by atoms with Crippen LogP contribution in [0.3, 0.4) is 0 Å². The summed E-state index contributed by atoms with van der Waals surface area (Å²) in [6, 6.07) is 13.5. The van der Waals surface area contributed by atoms with Gasteiger partial charge in [0.05, 0.1) is 0 Å². The number of nitrogens with zero attached hydrogens (tertiary/aromatic N) is 1. The maximum Gasteiger partial charge on any atom is 0.490 e. The molecule has 0 amide bonds. The zero-order valence-electron chi connectivity index (χ0n) is 13.7. The molecule has 3 N–H and O–H groups in total. The predicted octanol–water partition coefficient (Wildman–Crippen LogP) is 4.32. The second-order valence-corrected chi connectivity index (χ2v) is 5.31. The van der Waals surface area contributed by atoms with Crippen LogP contribution in [0, 0.1) is 5.82 Å². The third kappa shape index (κ3) is 5.56. The van der Waals surface area contributed by atoms with E-state index in [0.717, 1.165) is 16.6 Å². The second-order valence-electron chi connectivity index (χ2n) is 5.31. The van der Waals surface area contributed by atoms with E-state index in [-0.39, 0.29) is 11.6 Å². The third-order valence-electron chi connectivity index (χ3n) is 3.39. The Morgan fingerprint density at radius 1 is 1.11 bits per heavy atom. The third-order valence-corrected chi connectivity index (χ3v) is 3.39. The van der Waals surface area contributed by atoms with Gasteiger partial charge in [0.25, 0.3) is 0 Å². The Morgan fingerprint density at radius 3 is 2.44 bits per heavy atom. The van der Waals surface area contributed by atoms with E-state index in [4.69, 9.17) is 9.90 Å². The van der Waals surface area contributed by atoms with Crippen molar-refractivity contribution < 1.29 is 32.6 Å². The van der Waals surface area contributed by atoms with E-state index in [1.54, 1.807) is 18.3 Å². The molecule has 0 atom stereocenters. The number of alkyl halides is 3. The molecule has 2 aromatic carbocycles. The molecular weight excluding hydrogens is 368 g/mol. The molecule has 27 heavy (non-hydrogen) atoms. The number of phenols is 1. The molecule has 1 aromatic heterocycles. The van der Waals surface area contributed by atoms with Crippen molar-refractivity contribution in [1.82, 2.24) is 4.98 Å². The van der Waals surface area contributed by atoms with Gasteiger partial charge in [0.1, 0.15) is 17.1 Å². The first-order valence-corrected chi connectivity index (χ1v) is 7.53. The molecule has 0 bridgehead atoms. The lowest BCUT2D eigenvalue weighted by Crippen LogP contribution is -2.21. The van der Waals surface area contributed by atoms with Gasteiger partial charge in [-0.05, 0) is 35.9 Å². The van der Waals surface area contributed by atoms with Gasteiger partial charge >= 0.3 is 12.1 Å². The number of aromatic nitrogens is 1. The fourth-order valence-electron chi connectivity index (χ4n) is 2.17. The van der Waals surface area contributed by atoms with Gasteiger partial charge in [-0.1, -0.05) is 18.2 Å². The van der Waals surface area contributed by atoms with Crippen molar-refractivity contribution in [2.75, 3.05) is 5.32 Å². The first kappa shape index (κ1) is 20.0. The summed E-state index contributed by atoms with van der Waals surface area (Å²) in [5.74, 6) is -2.87. The smallest absolute Gasteiger partial charge is 0.490 e. The predicted molar refractivity (Wildman–Crippen MR) is 90.8 cm³/mol. The van der Waals surface area contributed by atoms with Crippen LogP contribution in [0.5, 0.6) is 5.75 Å². The molecule has 0 saturated carbocycles. The van der Waals surface area contributed by atoms with Crippen LogP contribution in [0.1, 0.15) is 5.56 Å². The number of carboxylic acid groups (broad SMARTS) is 1. The summed E-state index contributed by atoms with van der Waals surface area (Å²) in [5.41, 5.74) is 2.29. The number of fused-ring (bicyclic) bond motifs is 1. The number of rotatable bonds is 3. The topological polar surface area (TPSA) is 82.5 Å². The molecule has 0 radical (unpaired) electrons. The standard InChI is InChI=1S/C16H13FN2O.C2HF3O2/c17-12-3-1-4-13(9-12)19-10-11-6-7-15(20)16-14(11)5-2-8-18-16;3-2(4,5)1(6)7/h1-9,19-20H,10H2;(H,6,7). The number of carbonyl (C=O) groups is 1. The molecule has 0 unspecified atom stereocenters. The Balaban J connectivity index is 0.000000321. The fraction of sp³-hybridized carbons (Fsp3) is 0.111. The highest BCUT2D eigenvalue weighted by Gasteiger charge is 2.38. The molecular formula is C18H14F4N2O3. The van der Waals surface area contributed by atoms with Crippen LogP contribution < -0.4 is 5.32 Å². The SMILES string of the molecule is O=C(O)C(F)(F)F.Oc1ccc(CNc2cccc(F)c2)c2cccnc12. The molecule has 9 heteroatoms. The van der Waals surface area contributed by atoms with Crippen LogP contribution in [0.15, 0.2) is 54.7 Å². The van der Waals surface area contributed by atoms with Crippen molar-refractivity contribution in [2.24, 2.45) is 0 Å². The Hall–Kier alpha value is -3.36. The van der Waals surface area contributed by atoms with E-state index in [0.29, 0.717) is 12.1 Å². The Bertz CT molecular complexity index is 945. The zero-order chi connectivity index (χ0) is 20.0. The van der Waals surface area contributed by atoms with E-state index < -0.39 is 12.1 Å². The van der Waals surface area contributed by atoms with Crippen LogP contribution in [0.2, 0.25) is 0 Å². The average molecular weight is 382 g/mol. The number of pyridine rings is 1. The number of hydrogen-bond acceptors (Lipinski definition) is 4. The molecule has 142 valence electrons. The quantitative estimate of drug-likeness (QED) is 0.588. The summed E-state index contributed by atoms with van der Waals surface area (Å²) in [4.78, 5) is 13.1. The minimum Gasteiger partial charge on any atom is -0.506 e. The van der Waals surface area contributed by atoms with Gasteiger partial charge in [0.2, 0.25) is 0 Å². The average Bonchev–Trinajstić information content (AvgIpc) is 2.61. The molecule has 0 aliphatic heterocycles. The largest absolute Gasteiger partial charge is 0.506 e. The summed E-state index contributed by atoms with van der Waals surface area (Å²) in [5, 5.41) is 21.0. The molecule has 0 saturated heterocycles. The lowest BCUT2D eigenvalue weighted by molar-refractivity contribution is -0.192. The van der Waals surface area contributed by atoms with Gasteiger partial charge in [-0.2, -0.15) is 13.2 Å². The summed E-state index contributed by atoms with van der Waals surface area (Å²) in [7, 11) is 0. The maximum absolute atomic E-state index is 13.1. The van der Waals surface area contributed by atoms with Gasteiger partial charge in [-0.25, -0.2) is 9.18 Å². The van der Waals surface area contributed by atoms with E-state index in [2.05, 4.69) is 10.3 Å². The molecule has 0 fully saturated rings. The highest BCUT2D eigenvalue weighted by molar-refractivity contribution is 5.87. The molecule has 0 aliphatic carbocycles. The molecule has 5 nitrogen and oxygen atoms in total. The molecule has 3 aromatic rings. The Kier molecular flexibility index (Phi) is 6.17. The maximum atomic E-state index is 13.1. The van der Waals surface area contributed by atoms with E-state index in [1.165, 1.54) is 12.1 Å². The monoisotopic (exact) mass is 382 g/mol. The van der Waals surface area contributed by atoms with Crippen LogP contribution in [0.25, 0.3) is 10.9 Å². The van der Waals surface area contributed by atoms with Crippen molar-refractivity contribution in [1.29, 1.82) is 0 Å². The van der Waals surface area contributed by atoms with Gasteiger partial charge in [0, 0.05) is 23.8 Å². The number of benzene rings is 2. The molecule has 0 aliphatic rings. The highest BCUT2D eigenvalue weighted by atomic mass is 19.4. The first-order chi connectivity index (χ1) is 12.7. The minimum absolute atomic E-state index is 0.162. The number of aromatic hydroxyl groups is 1. The second kappa shape index (κ2) is 8.35. The summed E-state index contributed by atoms with van der Waals surface area (Å²) in [6.45, 7) is 0.534. The van der Waals surface area contributed by atoms with Gasteiger partial charge < -0.3 is 15.5 Å². The van der Waals surface area contributed by atoms with Crippen LogP contribution in [0.4, 0.5) is 23.2 Å². The lowest BCUT2D eigenvalue weighted by atomic mass is 10.1. The Labute approximate surface area is 150 Å². The minimum atomic E-state index is -5.08. The van der Waals surface area contributed by atoms with Crippen molar-refractivity contribution in [3.63, 3.8) is 0 Å². The van der Waals surface area contributed by atoms with Crippen molar-refractivity contribution in [3.8, 4) is 5.75 Å². The number of phenolic OH excluding ortho intramolecular Hbond substituents is 1. The van der Waals surface area contributed by atoms with Gasteiger partial charge in [-0.3, -0.25) is 4.98 Å². The molecule has 1 heterocycles. The van der Waals surface area contributed by atoms with Crippen LogP contribution >= 0.6 is 0 Å². The molecule has 0 spiro atoms.